The van der Waals surface area contributed by atoms with Crippen LogP contribution in [0.1, 0.15) is 90.5 Å². The van der Waals surface area contributed by atoms with E-state index >= 15 is 0 Å². The van der Waals surface area contributed by atoms with Crippen LogP contribution in [0.5, 0.6) is 0 Å². The quantitative estimate of drug-likeness (QED) is 0.389. The molecule has 2 N–H and O–H groups in total. The number of hydrogen-bond donors (Lipinski definition) is 2. The fourth-order valence-electron chi connectivity index (χ4n) is 4.88. The summed E-state index contributed by atoms with van der Waals surface area (Å²) in [6.45, 7) is 8.13. The molecule has 1 saturated carbocycles. The van der Waals surface area contributed by atoms with E-state index in [0.717, 1.165) is 81.5 Å². The summed E-state index contributed by atoms with van der Waals surface area (Å²) in [5.41, 5.74) is 1.71. The molecule has 200 valence electrons. The van der Waals surface area contributed by atoms with Crippen LogP contribution >= 0.6 is 0 Å². The number of rotatable bonds is 14. The lowest BCUT2D eigenvalue weighted by molar-refractivity contribution is -0.133. The van der Waals surface area contributed by atoms with Gasteiger partial charge in [-0.3, -0.25) is 9.59 Å². The van der Waals surface area contributed by atoms with Crippen LogP contribution in [-0.4, -0.2) is 60.1 Å². The molecule has 0 bridgehead atoms. The number of hydrogen-bond acceptors (Lipinski definition) is 5. The first kappa shape index (κ1) is 28.2. The molecule has 3 rings (SSSR count). The van der Waals surface area contributed by atoms with Gasteiger partial charge in [0, 0.05) is 25.7 Å². The topological polar surface area (TPSA) is 85.2 Å². The summed E-state index contributed by atoms with van der Waals surface area (Å²) in [7, 11) is 1.75. The Hall–Kier alpha value is -2.41. The van der Waals surface area contributed by atoms with Crippen LogP contribution in [0.3, 0.4) is 0 Å². The molecule has 0 saturated heterocycles. The fraction of sp³-hybridized carbons (Fsp3) is 0.690. The monoisotopic (exact) mass is 498 g/mol. The highest BCUT2D eigenvalue weighted by molar-refractivity contribution is 6.12. The zero-order valence-corrected chi connectivity index (χ0v) is 22.7. The number of benzodiazepines with no additional fused rings is 1. The molecule has 36 heavy (non-hydrogen) atoms. The number of aliphatic imine (C=N–C) groups is 1. The van der Waals surface area contributed by atoms with E-state index in [2.05, 4.69) is 31.0 Å². The maximum atomic E-state index is 13.6. The van der Waals surface area contributed by atoms with Gasteiger partial charge in [0.15, 0.2) is 0 Å². The molecule has 0 spiro atoms. The number of likely N-dealkylation sites (N-methyl/N-ethyl adjacent to an activating group) is 1. The van der Waals surface area contributed by atoms with E-state index in [1.54, 1.807) is 11.9 Å². The molecule has 0 radical (unpaired) electrons. The number of nitrogens with zero attached hydrogens (tertiary/aromatic N) is 3. The van der Waals surface area contributed by atoms with Crippen molar-refractivity contribution in [2.75, 3.05) is 25.0 Å². The van der Waals surface area contributed by atoms with Gasteiger partial charge in [-0.1, -0.05) is 71.4 Å². The summed E-state index contributed by atoms with van der Waals surface area (Å²) < 4.78 is 0. The van der Waals surface area contributed by atoms with Gasteiger partial charge in [-0.25, -0.2) is 4.99 Å². The zero-order chi connectivity index (χ0) is 26.1. The SMILES string of the molecule is CCCCC(O)C(CC1CC1)C(=O)NC1N=C(N(CCCC)CCCC)c2ccccc2N(C)C1=O. The van der Waals surface area contributed by atoms with E-state index in [0.29, 0.717) is 18.8 Å². The molecule has 1 aromatic carbocycles. The minimum absolute atomic E-state index is 0.259. The van der Waals surface area contributed by atoms with E-state index < -0.39 is 18.2 Å². The molecule has 0 aromatic heterocycles. The van der Waals surface area contributed by atoms with Gasteiger partial charge in [-0.2, -0.15) is 0 Å². The molecule has 1 heterocycles. The maximum Gasteiger partial charge on any atom is 0.272 e. The van der Waals surface area contributed by atoms with Gasteiger partial charge in [0.25, 0.3) is 5.91 Å². The number of aliphatic hydroxyl groups is 1. The van der Waals surface area contributed by atoms with E-state index in [1.807, 2.05) is 24.3 Å². The van der Waals surface area contributed by atoms with Gasteiger partial charge in [-0.15, -0.1) is 0 Å². The largest absolute Gasteiger partial charge is 0.392 e. The third-order valence-electron chi connectivity index (χ3n) is 7.40. The molecular formula is C29H46N4O3. The second-order valence-corrected chi connectivity index (χ2v) is 10.5. The van der Waals surface area contributed by atoms with Crippen LogP contribution in [0.25, 0.3) is 0 Å². The van der Waals surface area contributed by atoms with Gasteiger partial charge in [0.1, 0.15) is 5.84 Å². The minimum Gasteiger partial charge on any atom is -0.392 e. The highest BCUT2D eigenvalue weighted by Crippen LogP contribution is 2.37. The van der Waals surface area contributed by atoms with Crippen molar-refractivity contribution >= 4 is 23.3 Å². The average molecular weight is 499 g/mol. The number of para-hydroxylation sites is 1. The number of anilines is 1. The highest BCUT2D eigenvalue weighted by Gasteiger charge is 2.37. The van der Waals surface area contributed by atoms with Crippen molar-refractivity contribution < 1.29 is 14.7 Å². The Morgan fingerprint density at radius 3 is 2.36 bits per heavy atom. The molecule has 3 unspecified atom stereocenters. The predicted molar refractivity (Wildman–Crippen MR) is 146 cm³/mol. The molecule has 1 aliphatic heterocycles. The van der Waals surface area contributed by atoms with Gasteiger partial charge >= 0.3 is 0 Å². The second-order valence-electron chi connectivity index (χ2n) is 10.5. The summed E-state index contributed by atoms with van der Waals surface area (Å²) in [5.74, 6) is 0.222. The number of aliphatic hydroxyl groups excluding tert-OH is 1. The summed E-state index contributed by atoms with van der Waals surface area (Å²) in [6.07, 6.45) is 7.80. The van der Waals surface area contributed by atoms with Crippen LogP contribution in [-0.2, 0) is 9.59 Å². The lowest BCUT2D eigenvalue weighted by atomic mass is 9.91. The second kappa shape index (κ2) is 13.8. The number of amides is 2. The van der Waals surface area contributed by atoms with E-state index in [1.165, 1.54) is 0 Å². The number of unbranched alkanes of at least 4 members (excludes halogenated alkanes) is 3. The minimum atomic E-state index is -1.02. The Balaban J connectivity index is 1.93. The third-order valence-corrected chi connectivity index (χ3v) is 7.40. The van der Waals surface area contributed by atoms with Gasteiger partial charge in [0.2, 0.25) is 12.1 Å². The number of carbonyl (C=O) groups is 2. The molecular weight excluding hydrogens is 452 g/mol. The van der Waals surface area contributed by atoms with Crippen LogP contribution in [0.4, 0.5) is 5.69 Å². The molecule has 1 aliphatic carbocycles. The number of nitrogens with one attached hydrogen (secondary N) is 1. The average Bonchev–Trinajstić information content (AvgIpc) is 3.72. The van der Waals surface area contributed by atoms with Crippen molar-refractivity contribution in [2.45, 2.75) is 97.2 Å². The van der Waals surface area contributed by atoms with E-state index in [-0.39, 0.29) is 11.8 Å². The van der Waals surface area contributed by atoms with Crippen molar-refractivity contribution in [2.24, 2.45) is 16.8 Å². The summed E-state index contributed by atoms with van der Waals surface area (Å²) in [5, 5.41) is 13.8. The molecule has 2 aliphatic rings. The zero-order valence-electron chi connectivity index (χ0n) is 22.7. The van der Waals surface area contributed by atoms with E-state index in [4.69, 9.17) is 4.99 Å². The van der Waals surface area contributed by atoms with Crippen molar-refractivity contribution in [3.05, 3.63) is 29.8 Å². The van der Waals surface area contributed by atoms with Crippen molar-refractivity contribution in [3.8, 4) is 0 Å². The van der Waals surface area contributed by atoms with Gasteiger partial charge < -0.3 is 20.2 Å². The van der Waals surface area contributed by atoms with Gasteiger partial charge in [-0.05, 0) is 43.7 Å². The molecule has 1 aromatic rings. The first-order valence-corrected chi connectivity index (χ1v) is 14.1. The predicted octanol–water partition coefficient (Wildman–Crippen LogP) is 4.72. The van der Waals surface area contributed by atoms with Crippen LogP contribution in [0.15, 0.2) is 29.3 Å². The molecule has 3 atom stereocenters. The van der Waals surface area contributed by atoms with Crippen molar-refractivity contribution in [3.63, 3.8) is 0 Å². The highest BCUT2D eigenvalue weighted by atomic mass is 16.3. The van der Waals surface area contributed by atoms with Crippen LogP contribution < -0.4 is 10.2 Å². The van der Waals surface area contributed by atoms with Crippen LogP contribution in [0, 0.1) is 11.8 Å². The number of fused-ring (bicyclic) bond motifs is 1. The smallest absolute Gasteiger partial charge is 0.272 e. The summed E-state index contributed by atoms with van der Waals surface area (Å²) >= 11 is 0. The summed E-state index contributed by atoms with van der Waals surface area (Å²) in [6, 6.07) is 7.85. The lowest BCUT2D eigenvalue weighted by Gasteiger charge is -2.27. The van der Waals surface area contributed by atoms with Crippen molar-refractivity contribution in [1.82, 2.24) is 10.2 Å². The Morgan fingerprint density at radius 1 is 1.11 bits per heavy atom. The number of carbonyl (C=O) groups excluding carboxylic acids is 2. The Kier molecular flexibility index (Phi) is 10.8. The normalized spacial score (nSPS) is 19.2. The first-order chi connectivity index (χ1) is 17.4. The Bertz CT molecular complexity index is 890. The molecule has 2 amide bonds. The molecule has 7 heteroatoms. The Labute approximate surface area is 217 Å². The first-order valence-electron chi connectivity index (χ1n) is 14.1. The third kappa shape index (κ3) is 7.31. The standard InChI is InChI=1S/C29H46N4O3/c1-5-8-15-25(34)23(20-21-16-17-21)28(35)31-26-29(36)32(4)24-14-12-11-13-22(24)27(30-26)33(18-9-6-2)19-10-7-3/h11-14,21,23,25-26,34H,5-10,15-20H2,1-4H3,(H,31,35). The van der Waals surface area contributed by atoms with E-state index in [9.17, 15) is 14.7 Å². The molecule has 1 fully saturated rings. The van der Waals surface area contributed by atoms with Gasteiger partial charge in [0.05, 0.1) is 17.7 Å². The fourth-order valence-corrected chi connectivity index (χ4v) is 4.88. The Morgan fingerprint density at radius 2 is 1.75 bits per heavy atom. The molecule has 7 nitrogen and oxygen atoms in total. The maximum absolute atomic E-state index is 13.6. The van der Waals surface area contributed by atoms with Crippen molar-refractivity contribution in [1.29, 1.82) is 0 Å². The summed E-state index contributed by atoms with van der Waals surface area (Å²) in [4.78, 5) is 35.9. The number of benzene rings is 1. The lowest BCUT2D eigenvalue weighted by Crippen LogP contribution is -2.50. The van der Waals surface area contributed by atoms with Crippen LogP contribution in [0.2, 0.25) is 0 Å². The number of amidine groups is 1.